The maximum absolute atomic E-state index is 14.1. The van der Waals surface area contributed by atoms with Crippen LogP contribution < -0.4 is 15.5 Å². The van der Waals surface area contributed by atoms with Gasteiger partial charge in [0.1, 0.15) is 24.4 Å². The zero-order valence-electron chi connectivity index (χ0n) is 32.5. The Kier molecular flexibility index (Phi) is 14.2. The summed E-state index contributed by atoms with van der Waals surface area (Å²) in [4.78, 5) is 15.7. The quantitative estimate of drug-likeness (QED) is 0.128. The van der Waals surface area contributed by atoms with Crippen molar-refractivity contribution in [2.45, 2.75) is 101 Å². The molecular formula is C40H55N3O11S2. The van der Waals surface area contributed by atoms with Crippen molar-refractivity contribution < 1.29 is 50.1 Å². The van der Waals surface area contributed by atoms with E-state index in [1.54, 1.807) is 42.5 Å². The van der Waals surface area contributed by atoms with Crippen LogP contribution in [0.2, 0.25) is 0 Å². The number of sulfone groups is 1. The normalized spacial score (nSPS) is 27.5. The zero-order chi connectivity index (χ0) is 40.8. The number of hydrogen-bond donors (Lipinski definition) is 5. The summed E-state index contributed by atoms with van der Waals surface area (Å²) in [6, 6.07) is 21.0. The molecule has 0 radical (unpaired) electrons. The van der Waals surface area contributed by atoms with Crippen LogP contribution in [0.4, 0.5) is 16.2 Å². The van der Waals surface area contributed by atoms with E-state index in [4.69, 9.17) is 14.0 Å². The van der Waals surface area contributed by atoms with Crippen LogP contribution in [0.25, 0.3) is 0 Å². The van der Waals surface area contributed by atoms with Crippen molar-refractivity contribution in [1.29, 1.82) is 0 Å². The van der Waals surface area contributed by atoms with Gasteiger partial charge in [0.15, 0.2) is 16.1 Å². The summed E-state index contributed by atoms with van der Waals surface area (Å²) < 4.78 is 75.9. The number of nitrogens with one attached hydrogen (secondary N) is 2. The van der Waals surface area contributed by atoms with Gasteiger partial charge in [0, 0.05) is 25.5 Å². The fraction of sp³-hybridized carbons (Fsp3) is 0.525. The van der Waals surface area contributed by atoms with Crippen molar-refractivity contribution in [1.82, 2.24) is 5.32 Å². The van der Waals surface area contributed by atoms with Gasteiger partial charge in [-0.25, -0.2) is 17.4 Å². The summed E-state index contributed by atoms with van der Waals surface area (Å²) in [7, 11) is -4.66. The third-order valence-corrected chi connectivity index (χ3v) is 13.7. The van der Waals surface area contributed by atoms with Crippen molar-refractivity contribution in [3.63, 3.8) is 0 Å². The average Bonchev–Trinajstić information content (AvgIpc) is 3.21. The number of anilines is 2. The predicted molar refractivity (Wildman–Crippen MR) is 212 cm³/mol. The largest absolute Gasteiger partial charge is 0.397 e. The zero-order valence-corrected chi connectivity index (χ0v) is 34.1. The molecule has 5 rings (SSSR count). The second-order valence-corrected chi connectivity index (χ2v) is 18.2. The summed E-state index contributed by atoms with van der Waals surface area (Å²) in [5.41, 5.74) is 3.27. The molecule has 0 aromatic heterocycles. The molecule has 14 nitrogen and oxygen atoms in total. The van der Waals surface area contributed by atoms with Crippen molar-refractivity contribution in [3.05, 3.63) is 89.5 Å². The Bertz CT molecular complexity index is 2020. The van der Waals surface area contributed by atoms with Gasteiger partial charge in [-0.05, 0) is 83.5 Å². The number of ether oxygens (including phenoxy) is 2. The lowest BCUT2D eigenvalue weighted by Crippen LogP contribution is -2.64. The molecule has 1 fully saturated rings. The van der Waals surface area contributed by atoms with E-state index in [9.17, 15) is 31.8 Å². The van der Waals surface area contributed by atoms with E-state index < -0.39 is 68.9 Å². The molecule has 2 amide bonds. The Balaban J connectivity index is 1.38. The average molecular weight is 818 g/mol. The van der Waals surface area contributed by atoms with Crippen molar-refractivity contribution >= 4 is 37.6 Å². The number of rotatable bonds is 15. The summed E-state index contributed by atoms with van der Waals surface area (Å²) >= 11 is 0. The van der Waals surface area contributed by atoms with Crippen LogP contribution in [-0.2, 0) is 46.9 Å². The van der Waals surface area contributed by atoms with E-state index in [0.29, 0.717) is 23.4 Å². The number of unbranched alkanes of at least 4 members (excludes halogenated alkanes) is 1. The number of fused-ring (bicyclic) bond motifs is 1. The van der Waals surface area contributed by atoms with Gasteiger partial charge in [0.2, 0.25) is 0 Å². The van der Waals surface area contributed by atoms with Crippen molar-refractivity contribution in [2.24, 2.45) is 11.3 Å². The molecule has 0 saturated carbocycles. The van der Waals surface area contributed by atoms with Crippen LogP contribution >= 0.6 is 0 Å². The number of hydrogen-bond acceptors (Lipinski definition) is 11. The molecule has 3 aromatic carbocycles. The van der Waals surface area contributed by atoms with Gasteiger partial charge in [0.05, 0.1) is 23.9 Å². The van der Waals surface area contributed by atoms with Gasteiger partial charge in [0.25, 0.3) is 0 Å². The lowest BCUT2D eigenvalue weighted by atomic mass is 9.64. The number of carbonyl (C=O) groups is 1. The number of urea groups is 1. The van der Waals surface area contributed by atoms with Crippen molar-refractivity contribution in [3.8, 4) is 0 Å². The van der Waals surface area contributed by atoms with E-state index in [0.717, 1.165) is 41.6 Å². The first-order valence-corrected chi connectivity index (χ1v) is 22.0. The first kappa shape index (κ1) is 43.5. The molecule has 0 bridgehead atoms. The molecule has 8 atom stereocenters. The van der Waals surface area contributed by atoms with Gasteiger partial charge in [-0.15, -0.1) is 0 Å². The topological polar surface area (TPSA) is 201 Å². The predicted octanol–water partition coefficient (Wildman–Crippen LogP) is 5.06. The summed E-state index contributed by atoms with van der Waals surface area (Å²) in [6.45, 7) is 5.52. The van der Waals surface area contributed by atoms with Crippen LogP contribution in [-0.4, -0.2) is 94.7 Å². The first-order chi connectivity index (χ1) is 26.5. The highest BCUT2D eigenvalue weighted by atomic mass is 32.3. The number of amides is 2. The lowest BCUT2D eigenvalue weighted by molar-refractivity contribution is -0.246. The number of aliphatic hydroxyl groups is 2. The molecular weight excluding hydrogens is 763 g/mol. The molecule has 56 heavy (non-hydrogen) atoms. The molecule has 2 heterocycles. The third kappa shape index (κ3) is 10.5. The van der Waals surface area contributed by atoms with Gasteiger partial charge >= 0.3 is 16.4 Å². The Morgan fingerprint density at radius 2 is 1.71 bits per heavy atom. The van der Waals surface area contributed by atoms with Crippen LogP contribution in [0, 0.1) is 11.3 Å². The maximum Gasteiger partial charge on any atom is 0.397 e. The third-order valence-electron chi connectivity index (χ3n) is 11.3. The van der Waals surface area contributed by atoms with Gasteiger partial charge < -0.3 is 35.2 Å². The molecule has 1 saturated heterocycles. The molecule has 0 aliphatic carbocycles. The maximum atomic E-state index is 14.1. The highest BCUT2D eigenvalue weighted by molar-refractivity contribution is 7.91. The van der Waals surface area contributed by atoms with Gasteiger partial charge in [-0.2, -0.15) is 8.42 Å². The Morgan fingerprint density at radius 3 is 2.38 bits per heavy atom. The molecule has 308 valence electrons. The fourth-order valence-electron chi connectivity index (χ4n) is 8.02. The summed E-state index contributed by atoms with van der Waals surface area (Å²) in [5.74, 6) is -0.0745. The second-order valence-electron chi connectivity index (χ2n) is 15.1. The molecule has 5 N–H and O–H groups in total. The van der Waals surface area contributed by atoms with E-state index >= 15 is 0 Å². The highest BCUT2D eigenvalue weighted by Gasteiger charge is 2.48. The Morgan fingerprint density at radius 1 is 1.00 bits per heavy atom. The van der Waals surface area contributed by atoms with Gasteiger partial charge in [-0.3, -0.25) is 4.55 Å². The number of aliphatic hydroxyl groups excluding tert-OH is 2. The molecule has 2 aliphatic heterocycles. The van der Waals surface area contributed by atoms with Crippen LogP contribution in [0.3, 0.4) is 0 Å². The molecule has 0 unspecified atom stereocenters. The van der Waals surface area contributed by atoms with Crippen molar-refractivity contribution in [2.75, 3.05) is 36.7 Å². The SMILES string of the molecule is CCCC[C@]1(CC)CS(=O)(=O)c2ccc(N(C)C)cc2[C@@H](Cc2cccc(NC(=O)N[C@@H]3O[C@H](COS(=O)(=O)O)[C@@H](O)[C@H](OCc4ccccc4)[C@H]3O)c2)[C@H]1C. The van der Waals surface area contributed by atoms with E-state index in [-0.39, 0.29) is 24.2 Å². The van der Waals surface area contributed by atoms with Crippen LogP contribution in [0.15, 0.2) is 77.7 Å². The molecule has 16 heteroatoms. The lowest BCUT2D eigenvalue weighted by Gasteiger charge is -2.42. The first-order valence-electron chi connectivity index (χ1n) is 19.0. The molecule has 3 aromatic rings. The monoisotopic (exact) mass is 817 g/mol. The van der Waals surface area contributed by atoms with E-state index in [1.165, 1.54) is 0 Å². The second kappa shape index (κ2) is 18.3. The summed E-state index contributed by atoms with van der Waals surface area (Å²) in [5, 5.41) is 27.4. The minimum absolute atomic E-state index is 0.00231. The smallest absolute Gasteiger partial charge is 0.387 e. The fourth-order valence-corrected chi connectivity index (χ4v) is 10.7. The molecule has 0 spiro atoms. The molecule has 2 aliphatic rings. The minimum Gasteiger partial charge on any atom is -0.387 e. The van der Waals surface area contributed by atoms with Crippen LogP contribution in [0.1, 0.15) is 69.1 Å². The van der Waals surface area contributed by atoms with E-state index in [1.807, 2.05) is 49.3 Å². The highest BCUT2D eigenvalue weighted by Crippen LogP contribution is 2.51. The van der Waals surface area contributed by atoms with E-state index in [2.05, 4.69) is 35.6 Å². The number of nitrogens with zero attached hydrogens (tertiary/aromatic N) is 1. The standard InChI is InChI=1S/C40H55N3O11S2/c1-6-8-19-40(7-2)25-55(47,48)34-18-17-30(43(4)5)22-32(34)31(26(40)3)21-28-15-12-16-29(20-28)41-39(46)42-38-36(45)37(52-23-27-13-10-9-11-14-27)35(44)33(54-38)24-53-56(49,50)51/h9-18,20,22,26,31,33,35-38,44-45H,6-8,19,21,23-25H2,1-5H3,(H2,41,42,46)(H,49,50,51)/t26-,31+,33-,35-,36-,37+,38-,40-/m1/s1. The van der Waals surface area contributed by atoms with Crippen LogP contribution in [0.5, 0.6) is 0 Å². The Labute approximate surface area is 330 Å². The number of benzene rings is 3. The Hall–Kier alpha value is -3.61. The van der Waals surface area contributed by atoms with Gasteiger partial charge in [-0.1, -0.05) is 76.1 Å². The number of carbonyl (C=O) groups excluding carboxylic acids is 1. The minimum atomic E-state index is -4.90. The summed E-state index contributed by atoms with van der Waals surface area (Å²) in [6.07, 6.45) is -3.57.